The molecule has 11 heteroatoms. The molecule has 4 saturated heterocycles. The van der Waals surface area contributed by atoms with E-state index in [9.17, 15) is 20.1 Å². The van der Waals surface area contributed by atoms with Crippen molar-refractivity contribution >= 4 is 5.97 Å². The summed E-state index contributed by atoms with van der Waals surface area (Å²) in [6.07, 6.45) is 8.24. The summed E-state index contributed by atoms with van der Waals surface area (Å²) < 4.78 is 44.6. The van der Waals surface area contributed by atoms with Gasteiger partial charge in [-0.3, -0.25) is 4.79 Å². The van der Waals surface area contributed by atoms with Gasteiger partial charge in [-0.05, 0) is 62.2 Å². The summed E-state index contributed by atoms with van der Waals surface area (Å²) in [4.78, 5) is 14.2. The molecule has 2 unspecified atom stereocenters. The molecule has 0 aromatic rings. The summed E-state index contributed by atoms with van der Waals surface area (Å²) in [5, 5.41) is 34.1. The average Bonchev–Trinajstić information content (AvgIpc) is 3.45. The number of rotatable bonds is 5. The van der Waals surface area contributed by atoms with Crippen LogP contribution in [0.15, 0.2) is 47.1 Å². The highest BCUT2D eigenvalue weighted by Gasteiger charge is 2.60. The lowest BCUT2D eigenvalue weighted by atomic mass is 9.71. The highest BCUT2D eigenvalue weighted by Crippen LogP contribution is 2.48. The SMILES string of the molecule is CCC(C)C1O[C@]2(CC[C@H]1C)C[C@@H]1C[C@@H](C/C=C(\C)[C@@H](O[C@H]3C[C@H](OC)[C@@H](O)[C@H](C)O3)[C@@H](C)/C=C/C=C3\CO[C@@H]4[C@H](O)C(C)=C[C@@H](C(=O)O1)[C@]34O)O2. The molecule has 4 fully saturated rings. The van der Waals surface area contributed by atoms with Crippen molar-refractivity contribution in [3.63, 3.8) is 0 Å². The van der Waals surface area contributed by atoms with Crippen molar-refractivity contribution in [1.82, 2.24) is 0 Å². The van der Waals surface area contributed by atoms with Crippen LogP contribution in [0.4, 0.5) is 0 Å². The van der Waals surface area contributed by atoms with E-state index in [1.807, 2.05) is 26.0 Å². The largest absolute Gasteiger partial charge is 0.462 e. The summed E-state index contributed by atoms with van der Waals surface area (Å²) >= 11 is 0. The Balaban J connectivity index is 1.37. The molecule has 0 aromatic carbocycles. The van der Waals surface area contributed by atoms with Crippen LogP contribution in [0, 0.1) is 23.7 Å². The standard InChI is InChI=1S/C41H62O11/c1-9-22(2)37-25(5)15-16-40(52-37)20-30-18-29(51-40)14-13-24(4)36(50-33-19-32(46-8)35(43)27(7)48-33)23(3)11-10-12-28-21-47-38-34(42)26(6)17-31(39(44)49-30)41(28,38)45/h10-13,17,22-23,25,27,29-38,42-43,45H,9,14-16,18-21H2,1-8H3/b11-10+,24-13+,28-12+/t22?,23-,25+,27-,29+,30-,31-,32-,33-,34+,35-,36-,37?,38+,40+,41+/m0/s1. The molecule has 3 N–H and O–H groups in total. The van der Waals surface area contributed by atoms with Crippen LogP contribution in [0.5, 0.6) is 0 Å². The topological polar surface area (TPSA) is 142 Å². The number of hydrogen-bond acceptors (Lipinski definition) is 11. The van der Waals surface area contributed by atoms with E-state index >= 15 is 0 Å². The van der Waals surface area contributed by atoms with Gasteiger partial charge in [-0.15, -0.1) is 0 Å². The molecule has 6 rings (SSSR count). The Kier molecular flexibility index (Phi) is 12.3. The van der Waals surface area contributed by atoms with Crippen molar-refractivity contribution in [2.24, 2.45) is 23.7 Å². The molecule has 5 heterocycles. The molecule has 0 amide bonds. The summed E-state index contributed by atoms with van der Waals surface area (Å²) in [7, 11) is 1.58. The van der Waals surface area contributed by atoms with Gasteiger partial charge in [-0.25, -0.2) is 0 Å². The molecule has 0 radical (unpaired) electrons. The van der Waals surface area contributed by atoms with Crippen molar-refractivity contribution in [2.45, 2.75) is 166 Å². The second kappa shape index (κ2) is 16.0. The third-order valence-corrected chi connectivity index (χ3v) is 12.7. The molecule has 16 atom stereocenters. The van der Waals surface area contributed by atoms with Gasteiger partial charge >= 0.3 is 5.97 Å². The first kappa shape index (κ1) is 39.8. The lowest BCUT2D eigenvalue weighted by molar-refractivity contribution is -0.340. The molecule has 0 saturated carbocycles. The quantitative estimate of drug-likeness (QED) is 0.258. The fourth-order valence-electron chi connectivity index (χ4n) is 9.27. The maximum absolute atomic E-state index is 14.2. The number of ether oxygens (including phenoxy) is 7. The molecule has 11 nitrogen and oxygen atoms in total. The van der Waals surface area contributed by atoms with Gasteiger partial charge in [0.1, 0.15) is 35.9 Å². The number of esters is 1. The van der Waals surface area contributed by atoms with E-state index in [1.54, 1.807) is 26.2 Å². The van der Waals surface area contributed by atoms with Gasteiger partial charge in [0.2, 0.25) is 0 Å². The third kappa shape index (κ3) is 7.77. The van der Waals surface area contributed by atoms with Crippen LogP contribution in [0.25, 0.3) is 0 Å². The van der Waals surface area contributed by atoms with Gasteiger partial charge < -0.3 is 48.5 Å². The van der Waals surface area contributed by atoms with E-state index in [0.717, 1.165) is 18.4 Å². The number of aliphatic hydroxyl groups excluding tert-OH is 2. The second-order valence-electron chi connectivity index (χ2n) is 16.5. The first-order valence-corrected chi connectivity index (χ1v) is 19.5. The van der Waals surface area contributed by atoms with Crippen LogP contribution in [-0.4, -0.2) is 108 Å². The smallest absolute Gasteiger partial charge is 0.316 e. The van der Waals surface area contributed by atoms with Crippen LogP contribution in [0.3, 0.4) is 0 Å². The molecular weight excluding hydrogens is 668 g/mol. The molecule has 0 aromatic heterocycles. The minimum absolute atomic E-state index is 0.0111. The van der Waals surface area contributed by atoms with Crippen LogP contribution >= 0.6 is 0 Å². The fourth-order valence-corrected chi connectivity index (χ4v) is 9.27. The van der Waals surface area contributed by atoms with Gasteiger partial charge in [0, 0.05) is 38.7 Å². The van der Waals surface area contributed by atoms with Gasteiger partial charge in [-0.2, -0.15) is 0 Å². The fraction of sp³-hybridized carbons (Fsp3) is 0.780. The number of carbonyl (C=O) groups excluding carboxylic acids is 1. The summed E-state index contributed by atoms with van der Waals surface area (Å²) in [6.45, 7) is 14.3. The van der Waals surface area contributed by atoms with Gasteiger partial charge in [0.15, 0.2) is 12.1 Å². The predicted molar refractivity (Wildman–Crippen MR) is 193 cm³/mol. The summed E-state index contributed by atoms with van der Waals surface area (Å²) in [6, 6.07) is 0. The number of allylic oxidation sites excluding steroid dienone is 2. The van der Waals surface area contributed by atoms with E-state index in [4.69, 9.17) is 33.2 Å². The van der Waals surface area contributed by atoms with Crippen molar-refractivity contribution in [1.29, 1.82) is 0 Å². The number of fused-ring (bicyclic) bond motifs is 2. The Morgan fingerprint density at radius 2 is 1.85 bits per heavy atom. The summed E-state index contributed by atoms with van der Waals surface area (Å²) in [5.74, 6) is -1.98. The highest BCUT2D eigenvalue weighted by molar-refractivity contribution is 5.78. The Morgan fingerprint density at radius 3 is 2.58 bits per heavy atom. The van der Waals surface area contributed by atoms with Gasteiger partial charge in [0.25, 0.3) is 0 Å². The van der Waals surface area contributed by atoms with Gasteiger partial charge in [-0.1, -0.05) is 64.5 Å². The van der Waals surface area contributed by atoms with Crippen molar-refractivity contribution in [2.75, 3.05) is 13.7 Å². The van der Waals surface area contributed by atoms with Gasteiger partial charge in [0.05, 0.1) is 37.1 Å². The molecular formula is C41H62O11. The summed E-state index contributed by atoms with van der Waals surface area (Å²) in [5.41, 5.74) is 0.238. The van der Waals surface area contributed by atoms with E-state index in [0.29, 0.717) is 55.1 Å². The van der Waals surface area contributed by atoms with Crippen LogP contribution < -0.4 is 0 Å². The van der Waals surface area contributed by atoms with E-state index in [-0.39, 0.29) is 24.7 Å². The molecule has 1 aliphatic carbocycles. The van der Waals surface area contributed by atoms with Crippen molar-refractivity contribution in [3.8, 4) is 0 Å². The molecule has 5 aliphatic heterocycles. The molecule has 292 valence electrons. The zero-order chi connectivity index (χ0) is 37.5. The zero-order valence-electron chi connectivity index (χ0n) is 32.2. The Bertz CT molecular complexity index is 1400. The van der Waals surface area contributed by atoms with Crippen LogP contribution in [0.2, 0.25) is 0 Å². The minimum atomic E-state index is -1.80. The van der Waals surface area contributed by atoms with E-state index in [2.05, 4.69) is 33.8 Å². The first-order chi connectivity index (χ1) is 24.7. The third-order valence-electron chi connectivity index (χ3n) is 12.7. The Morgan fingerprint density at radius 1 is 1.08 bits per heavy atom. The monoisotopic (exact) mass is 730 g/mol. The maximum Gasteiger partial charge on any atom is 0.316 e. The maximum atomic E-state index is 14.2. The minimum Gasteiger partial charge on any atom is -0.462 e. The predicted octanol–water partition coefficient (Wildman–Crippen LogP) is 5.07. The number of hydrogen-bond donors (Lipinski definition) is 3. The lowest BCUT2D eigenvalue weighted by Gasteiger charge is -2.51. The highest BCUT2D eigenvalue weighted by atomic mass is 16.7. The van der Waals surface area contributed by atoms with Crippen molar-refractivity contribution < 1.29 is 53.3 Å². The van der Waals surface area contributed by atoms with E-state index < -0.39 is 72.3 Å². The zero-order valence-corrected chi connectivity index (χ0v) is 32.2. The molecule has 52 heavy (non-hydrogen) atoms. The average molecular weight is 731 g/mol. The molecule has 2 bridgehead atoms. The van der Waals surface area contributed by atoms with Crippen molar-refractivity contribution in [3.05, 3.63) is 47.1 Å². The second-order valence-corrected chi connectivity index (χ2v) is 16.5. The Hall–Kier alpha value is -1.93. The first-order valence-electron chi connectivity index (χ1n) is 19.5. The normalized spacial score (nSPS) is 49.1. The Labute approximate surface area is 309 Å². The molecule has 1 spiro atoms. The van der Waals surface area contributed by atoms with Crippen LogP contribution in [-0.2, 0) is 38.0 Å². The number of aliphatic hydroxyl groups is 3. The van der Waals surface area contributed by atoms with Crippen LogP contribution in [0.1, 0.15) is 93.4 Å². The molecule has 6 aliphatic rings. The number of methoxy groups -OCH3 is 1. The lowest BCUT2D eigenvalue weighted by Crippen LogP contribution is -2.58. The van der Waals surface area contributed by atoms with E-state index in [1.165, 1.54) is 0 Å². The number of carbonyl (C=O) groups is 1.